The van der Waals surface area contributed by atoms with E-state index >= 15 is 0 Å². The average molecular weight is 242 g/mol. The summed E-state index contributed by atoms with van der Waals surface area (Å²) in [4.78, 5) is 10.8. The van der Waals surface area contributed by atoms with E-state index in [1.807, 2.05) is 31.2 Å². The molecule has 0 saturated carbocycles. The van der Waals surface area contributed by atoms with Gasteiger partial charge in [-0.3, -0.25) is 4.79 Å². The van der Waals surface area contributed by atoms with Crippen LogP contribution in [0, 0.1) is 24.2 Å². The minimum atomic E-state index is -0.806. The summed E-state index contributed by atoms with van der Waals surface area (Å²) in [6.07, 6.45) is 4.06. The highest BCUT2D eigenvalue weighted by Gasteiger charge is 2.24. The maximum absolute atomic E-state index is 10.8. The van der Waals surface area contributed by atoms with Gasteiger partial charge in [0.25, 0.3) is 0 Å². The number of hydrogen-bond acceptors (Lipinski definition) is 3. The highest BCUT2D eigenvalue weighted by atomic mass is 16.4. The van der Waals surface area contributed by atoms with Crippen LogP contribution in [0.25, 0.3) is 0 Å². The molecule has 0 heterocycles. The van der Waals surface area contributed by atoms with Gasteiger partial charge in [0.05, 0.1) is 17.2 Å². The normalized spacial score (nSPS) is 21.6. The van der Waals surface area contributed by atoms with Gasteiger partial charge >= 0.3 is 5.97 Å². The quantitative estimate of drug-likeness (QED) is 0.798. The molecule has 1 aliphatic carbocycles. The molecule has 0 radical (unpaired) electrons. The van der Waals surface area contributed by atoms with Crippen molar-refractivity contribution >= 4 is 11.7 Å². The summed E-state index contributed by atoms with van der Waals surface area (Å²) in [6, 6.07) is 7.71. The Labute approximate surface area is 106 Å². The van der Waals surface area contributed by atoms with Gasteiger partial charge in [0.15, 0.2) is 0 Å². The van der Waals surface area contributed by atoms with Crippen molar-refractivity contribution in [3.8, 4) is 6.07 Å². The fraction of sp³-hybridized carbons (Fsp3) is 0.286. The van der Waals surface area contributed by atoms with Crippen LogP contribution < -0.4 is 5.32 Å². The summed E-state index contributed by atoms with van der Waals surface area (Å²) in [5.74, 6) is -1.24. The second-order valence-corrected chi connectivity index (χ2v) is 4.48. The van der Waals surface area contributed by atoms with Crippen LogP contribution >= 0.6 is 0 Å². The highest BCUT2D eigenvalue weighted by Crippen LogP contribution is 2.24. The van der Waals surface area contributed by atoms with E-state index in [0.717, 1.165) is 11.3 Å². The van der Waals surface area contributed by atoms with E-state index in [1.165, 1.54) is 0 Å². The van der Waals surface area contributed by atoms with Crippen LogP contribution in [-0.4, -0.2) is 17.1 Å². The number of aliphatic carboxylic acids is 1. The van der Waals surface area contributed by atoms with E-state index in [2.05, 4.69) is 11.4 Å². The van der Waals surface area contributed by atoms with Crippen molar-refractivity contribution in [3.05, 3.63) is 41.5 Å². The largest absolute Gasteiger partial charge is 0.481 e. The number of rotatable bonds is 3. The minimum Gasteiger partial charge on any atom is -0.481 e. The number of hydrogen-bond donors (Lipinski definition) is 2. The number of anilines is 1. The van der Waals surface area contributed by atoms with Gasteiger partial charge in [-0.2, -0.15) is 5.26 Å². The lowest BCUT2D eigenvalue weighted by Crippen LogP contribution is -2.19. The van der Waals surface area contributed by atoms with E-state index in [0.29, 0.717) is 12.0 Å². The first-order valence-electron chi connectivity index (χ1n) is 5.78. The molecule has 2 N–H and O–H groups in total. The van der Waals surface area contributed by atoms with Crippen LogP contribution in [0.2, 0.25) is 0 Å². The van der Waals surface area contributed by atoms with Crippen molar-refractivity contribution in [3.63, 3.8) is 0 Å². The number of nitriles is 1. The van der Waals surface area contributed by atoms with Gasteiger partial charge in [-0.1, -0.05) is 18.2 Å². The molecule has 0 aromatic heterocycles. The van der Waals surface area contributed by atoms with Gasteiger partial charge in [-0.15, -0.1) is 0 Å². The monoisotopic (exact) mass is 242 g/mol. The molecule has 1 aromatic carbocycles. The van der Waals surface area contributed by atoms with Gasteiger partial charge in [0.2, 0.25) is 0 Å². The molecule has 4 nitrogen and oxygen atoms in total. The zero-order valence-corrected chi connectivity index (χ0v) is 10.1. The average Bonchev–Trinajstić information content (AvgIpc) is 2.80. The molecule has 18 heavy (non-hydrogen) atoms. The second-order valence-electron chi connectivity index (χ2n) is 4.48. The van der Waals surface area contributed by atoms with Crippen molar-refractivity contribution in [1.29, 1.82) is 5.26 Å². The van der Waals surface area contributed by atoms with Crippen LogP contribution in [-0.2, 0) is 4.79 Å². The summed E-state index contributed by atoms with van der Waals surface area (Å²) in [6.45, 7) is 1.93. The highest BCUT2D eigenvalue weighted by molar-refractivity contribution is 5.73. The van der Waals surface area contributed by atoms with Crippen molar-refractivity contribution in [2.45, 2.75) is 19.4 Å². The van der Waals surface area contributed by atoms with Crippen LogP contribution in [0.3, 0.4) is 0 Å². The lowest BCUT2D eigenvalue weighted by atomic mass is 10.1. The summed E-state index contributed by atoms with van der Waals surface area (Å²) in [7, 11) is 0. The maximum Gasteiger partial charge on any atom is 0.310 e. The molecule has 1 aliphatic rings. The smallest absolute Gasteiger partial charge is 0.310 e. The number of carboxylic acid groups (broad SMARTS) is 1. The van der Waals surface area contributed by atoms with E-state index in [4.69, 9.17) is 10.4 Å². The molecule has 0 fully saturated rings. The van der Waals surface area contributed by atoms with Crippen molar-refractivity contribution in [2.24, 2.45) is 5.92 Å². The van der Waals surface area contributed by atoms with Crippen LogP contribution in [0.5, 0.6) is 0 Å². The fourth-order valence-electron chi connectivity index (χ4n) is 2.07. The molecular formula is C14H14N2O2. The molecule has 0 amide bonds. The Morgan fingerprint density at radius 2 is 2.28 bits per heavy atom. The SMILES string of the molecule is Cc1ccc(NC2C=CC(C(=O)O)C2)c(C#N)c1. The molecule has 1 aromatic rings. The number of nitrogens with zero attached hydrogens (tertiary/aromatic N) is 1. The molecule has 2 unspecified atom stereocenters. The molecule has 4 heteroatoms. The minimum absolute atomic E-state index is 0.0269. The van der Waals surface area contributed by atoms with Crippen molar-refractivity contribution in [1.82, 2.24) is 0 Å². The molecule has 0 bridgehead atoms. The standard InChI is InChI=1S/C14H14N2O2/c1-9-2-5-13(11(6-9)8-15)16-12-4-3-10(7-12)14(17)18/h2-6,10,12,16H,7H2,1H3,(H,17,18). The van der Waals surface area contributed by atoms with Gasteiger partial charge in [-0.25, -0.2) is 0 Å². The Balaban J connectivity index is 2.10. The van der Waals surface area contributed by atoms with E-state index in [1.54, 1.807) is 6.08 Å². The van der Waals surface area contributed by atoms with E-state index < -0.39 is 11.9 Å². The molecule has 2 atom stereocenters. The number of benzene rings is 1. The van der Waals surface area contributed by atoms with Crippen LogP contribution in [0.1, 0.15) is 17.5 Å². The third-order valence-corrected chi connectivity index (χ3v) is 3.04. The van der Waals surface area contributed by atoms with E-state index in [9.17, 15) is 4.79 Å². The number of carbonyl (C=O) groups is 1. The molecule has 0 saturated heterocycles. The first kappa shape index (κ1) is 12.2. The van der Waals surface area contributed by atoms with Crippen molar-refractivity contribution < 1.29 is 9.90 Å². The Hall–Kier alpha value is -2.28. The summed E-state index contributed by atoms with van der Waals surface area (Å²) in [5, 5.41) is 21.2. The van der Waals surface area contributed by atoms with Gasteiger partial charge in [-0.05, 0) is 31.0 Å². The van der Waals surface area contributed by atoms with Gasteiger partial charge in [0, 0.05) is 6.04 Å². The Morgan fingerprint density at radius 3 is 2.89 bits per heavy atom. The van der Waals surface area contributed by atoms with Gasteiger partial charge in [0.1, 0.15) is 6.07 Å². The number of nitrogens with one attached hydrogen (secondary N) is 1. The number of carboxylic acids is 1. The van der Waals surface area contributed by atoms with Gasteiger partial charge < -0.3 is 10.4 Å². The molecular weight excluding hydrogens is 228 g/mol. The fourth-order valence-corrected chi connectivity index (χ4v) is 2.07. The van der Waals surface area contributed by atoms with Crippen LogP contribution in [0.4, 0.5) is 5.69 Å². The zero-order valence-electron chi connectivity index (χ0n) is 10.1. The first-order valence-corrected chi connectivity index (χ1v) is 5.78. The lowest BCUT2D eigenvalue weighted by molar-refractivity contribution is -0.140. The Bertz CT molecular complexity index is 543. The third kappa shape index (κ3) is 2.51. The lowest BCUT2D eigenvalue weighted by Gasteiger charge is -2.15. The Kier molecular flexibility index (Phi) is 3.33. The molecule has 0 aliphatic heterocycles. The van der Waals surface area contributed by atoms with E-state index in [-0.39, 0.29) is 6.04 Å². The summed E-state index contributed by atoms with van der Waals surface area (Å²) >= 11 is 0. The maximum atomic E-state index is 10.8. The summed E-state index contributed by atoms with van der Waals surface area (Å²) < 4.78 is 0. The molecule has 2 rings (SSSR count). The first-order chi connectivity index (χ1) is 8.60. The summed E-state index contributed by atoms with van der Waals surface area (Å²) in [5.41, 5.74) is 2.37. The third-order valence-electron chi connectivity index (χ3n) is 3.04. The Morgan fingerprint density at radius 1 is 1.50 bits per heavy atom. The zero-order chi connectivity index (χ0) is 13.1. The second kappa shape index (κ2) is 4.92. The van der Waals surface area contributed by atoms with Crippen molar-refractivity contribution in [2.75, 3.05) is 5.32 Å². The molecule has 0 spiro atoms. The van der Waals surface area contributed by atoms with Crippen LogP contribution in [0.15, 0.2) is 30.4 Å². The number of aryl methyl sites for hydroxylation is 1. The predicted octanol–water partition coefficient (Wildman–Crippen LogP) is 2.31. The topological polar surface area (TPSA) is 73.1 Å². The predicted molar refractivity (Wildman–Crippen MR) is 68.2 cm³/mol. The molecule has 92 valence electrons.